The monoisotopic (exact) mass is 387 g/mol. The molecule has 27 heavy (non-hydrogen) atoms. The summed E-state index contributed by atoms with van der Waals surface area (Å²) in [7, 11) is 0. The molecule has 0 radical (unpaired) electrons. The van der Waals surface area contributed by atoms with E-state index in [2.05, 4.69) is 5.32 Å². The van der Waals surface area contributed by atoms with Gasteiger partial charge in [-0.15, -0.1) is 11.3 Å². The van der Waals surface area contributed by atoms with Gasteiger partial charge in [-0.05, 0) is 57.0 Å². The number of ether oxygens (including phenoxy) is 3. The summed E-state index contributed by atoms with van der Waals surface area (Å²) in [5, 5.41) is 3.28. The van der Waals surface area contributed by atoms with Gasteiger partial charge >= 0.3 is 5.97 Å². The van der Waals surface area contributed by atoms with Gasteiger partial charge in [-0.2, -0.15) is 0 Å². The number of esters is 1. The zero-order valence-corrected chi connectivity index (χ0v) is 16.4. The minimum atomic E-state index is -0.429. The Hall–Kier alpha value is -2.80. The first-order valence-corrected chi connectivity index (χ1v) is 9.36. The predicted octanol–water partition coefficient (Wildman–Crippen LogP) is 4.31. The van der Waals surface area contributed by atoms with Crippen molar-refractivity contribution in [3.8, 4) is 11.5 Å². The van der Waals surface area contributed by atoms with Crippen molar-refractivity contribution in [3.63, 3.8) is 0 Å². The van der Waals surface area contributed by atoms with E-state index in [1.54, 1.807) is 32.1 Å². The molecule has 0 spiro atoms. The number of amides is 1. The topological polar surface area (TPSA) is 73.9 Å². The van der Waals surface area contributed by atoms with Gasteiger partial charge < -0.3 is 19.5 Å². The summed E-state index contributed by atoms with van der Waals surface area (Å²) >= 11 is 1.36. The Morgan fingerprint density at radius 2 is 1.96 bits per heavy atom. The number of fused-ring (bicyclic) bond motifs is 1. The van der Waals surface area contributed by atoms with Crippen LogP contribution >= 0.6 is 11.3 Å². The number of aryl methyl sites for hydroxylation is 1. The van der Waals surface area contributed by atoms with Gasteiger partial charge in [0.2, 0.25) is 12.7 Å². The zero-order valence-electron chi connectivity index (χ0n) is 15.6. The van der Waals surface area contributed by atoms with Crippen LogP contribution in [0.3, 0.4) is 0 Å². The molecule has 2 aromatic rings. The number of carbonyl (C=O) groups excluding carboxylic acids is 2. The van der Waals surface area contributed by atoms with Crippen LogP contribution in [0.2, 0.25) is 0 Å². The predicted molar refractivity (Wildman–Crippen MR) is 105 cm³/mol. The van der Waals surface area contributed by atoms with Crippen LogP contribution in [0.1, 0.15) is 40.2 Å². The maximum absolute atomic E-state index is 12.4. The van der Waals surface area contributed by atoms with Gasteiger partial charge in [0.15, 0.2) is 11.5 Å². The Kier molecular flexibility index (Phi) is 5.51. The van der Waals surface area contributed by atoms with Crippen molar-refractivity contribution in [2.75, 3.05) is 12.1 Å². The summed E-state index contributed by atoms with van der Waals surface area (Å²) in [6, 6.07) is 5.44. The number of nitrogens with one attached hydrogen (secondary N) is 1. The van der Waals surface area contributed by atoms with E-state index in [1.807, 2.05) is 19.9 Å². The van der Waals surface area contributed by atoms with E-state index in [1.165, 1.54) is 17.4 Å². The first-order valence-electron chi connectivity index (χ1n) is 8.55. The van der Waals surface area contributed by atoms with Crippen molar-refractivity contribution in [3.05, 3.63) is 45.8 Å². The van der Waals surface area contributed by atoms with Gasteiger partial charge in [0.1, 0.15) is 5.00 Å². The third-order valence-corrected chi connectivity index (χ3v) is 5.12. The lowest BCUT2D eigenvalue weighted by Gasteiger charge is -2.09. The fourth-order valence-corrected chi connectivity index (χ4v) is 3.63. The highest BCUT2D eigenvalue weighted by molar-refractivity contribution is 7.16. The van der Waals surface area contributed by atoms with Crippen molar-refractivity contribution in [1.29, 1.82) is 0 Å². The lowest BCUT2D eigenvalue weighted by Crippen LogP contribution is -2.15. The first-order chi connectivity index (χ1) is 12.8. The molecule has 0 fully saturated rings. The maximum Gasteiger partial charge on any atom is 0.341 e. The second-order valence-corrected chi connectivity index (χ2v) is 7.60. The molecule has 1 aliphatic heterocycles. The number of hydrogen-bond acceptors (Lipinski definition) is 6. The summed E-state index contributed by atoms with van der Waals surface area (Å²) in [4.78, 5) is 25.7. The van der Waals surface area contributed by atoms with Crippen molar-refractivity contribution >= 4 is 34.3 Å². The molecule has 1 aromatic carbocycles. The molecule has 7 heteroatoms. The molecular weight excluding hydrogens is 366 g/mol. The Balaban J connectivity index is 1.74. The van der Waals surface area contributed by atoms with E-state index >= 15 is 0 Å². The zero-order chi connectivity index (χ0) is 19.6. The normalized spacial score (nSPS) is 12.6. The third-order valence-electron chi connectivity index (χ3n) is 3.99. The van der Waals surface area contributed by atoms with Crippen LogP contribution in [0.15, 0.2) is 24.3 Å². The standard InChI is InChI=1S/C20H21NO5S/c1-11(2)26-20(23)18-12(3)13(4)27-19(18)21-17(22)8-6-14-5-7-15-16(9-14)25-10-24-15/h5-9,11H,10H2,1-4H3,(H,21,22)/b8-6+. The van der Waals surface area contributed by atoms with E-state index in [-0.39, 0.29) is 18.8 Å². The van der Waals surface area contributed by atoms with E-state index in [4.69, 9.17) is 14.2 Å². The van der Waals surface area contributed by atoms with Gasteiger partial charge in [-0.3, -0.25) is 4.79 Å². The van der Waals surface area contributed by atoms with E-state index in [0.717, 1.165) is 16.0 Å². The van der Waals surface area contributed by atoms with E-state index < -0.39 is 5.97 Å². The number of rotatable bonds is 5. The van der Waals surface area contributed by atoms with Gasteiger partial charge in [-0.25, -0.2) is 4.79 Å². The van der Waals surface area contributed by atoms with E-state index in [9.17, 15) is 9.59 Å². The fraction of sp³-hybridized carbons (Fsp3) is 0.300. The molecule has 1 aromatic heterocycles. The molecule has 2 heterocycles. The minimum Gasteiger partial charge on any atom is -0.459 e. The smallest absolute Gasteiger partial charge is 0.341 e. The third kappa shape index (κ3) is 4.31. The van der Waals surface area contributed by atoms with E-state index in [0.29, 0.717) is 22.1 Å². The molecular formula is C20H21NO5S. The molecule has 1 N–H and O–H groups in total. The Morgan fingerprint density at radius 3 is 2.70 bits per heavy atom. The molecule has 0 atom stereocenters. The van der Waals surface area contributed by atoms with Gasteiger partial charge in [0.05, 0.1) is 11.7 Å². The van der Waals surface area contributed by atoms with Crippen molar-refractivity contribution in [2.45, 2.75) is 33.8 Å². The maximum atomic E-state index is 12.4. The van der Waals surface area contributed by atoms with Crippen molar-refractivity contribution in [1.82, 2.24) is 0 Å². The average molecular weight is 387 g/mol. The van der Waals surface area contributed by atoms with Gasteiger partial charge in [0, 0.05) is 11.0 Å². The number of benzene rings is 1. The second-order valence-electron chi connectivity index (χ2n) is 6.38. The molecule has 0 saturated carbocycles. The molecule has 1 amide bonds. The molecule has 3 rings (SSSR count). The summed E-state index contributed by atoms with van der Waals surface area (Å²) in [6.45, 7) is 7.54. The highest BCUT2D eigenvalue weighted by Crippen LogP contribution is 2.34. The first kappa shape index (κ1) is 19.0. The molecule has 1 aliphatic rings. The van der Waals surface area contributed by atoms with Crippen LogP contribution in [-0.2, 0) is 9.53 Å². The summed E-state index contributed by atoms with van der Waals surface area (Å²) < 4.78 is 15.9. The summed E-state index contributed by atoms with van der Waals surface area (Å²) in [5.41, 5.74) is 2.05. The number of thiophene rings is 1. The number of carbonyl (C=O) groups is 2. The Labute approximate surface area is 161 Å². The number of anilines is 1. The van der Waals surface area contributed by atoms with Crippen LogP contribution < -0.4 is 14.8 Å². The molecule has 6 nitrogen and oxygen atoms in total. The van der Waals surface area contributed by atoms with Crippen LogP contribution in [-0.4, -0.2) is 24.8 Å². The second kappa shape index (κ2) is 7.84. The molecule has 0 saturated heterocycles. The highest BCUT2D eigenvalue weighted by Gasteiger charge is 2.22. The Morgan fingerprint density at radius 1 is 1.22 bits per heavy atom. The quantitative estimate of drug-likeness (QED) is 0.611. The molecule has 0 bridgehead atoms. The van der Waals surface area contributed by atoms with Gasteiger partial charge in [-0.1, -0.05) is 6.07 Å². The lowest BCUT2D eigenvalue weighted by molar-refractivity contribution is -0.111. The van der Waals surface area contributed by atoms with Crippen LogP contribution in [0.4, 0.5) is 5.00 Å². The van der Waals surface area contributed by atoms with Crippen LogP contribution in [0.5, 0.6) is 11.5 Å². The lowest BCUT2D eigenvalue weighted by atomic mass is 10.1. The number of hydrogen-bond donors (Lipinski definition) is 1. The van der Waals surface area contributed by atoms with Crippen molar-refractivity contribution < 1.29 is 23.8 Å². The minimum absolute atomic E-state index is 0.204. The van der Waals surface area contributed by atoms with Crippen LogP contribution in [0.25, 0.3) is 6.08 Å². The molecule has 0 unspecified atom stereocenters. The average Bonchev–Trinajstić information content (AvgIpc) is 3.16. The van der Waals surface area contributed by atoms with Gasteiger partial charge in [0.25, 0.3) is 0 Å². The van der Waals surface area contributed by atoms with Crippen molar-refractivity contribution in [2.24, 2.45) is 0 Å². The highest BCUT2D eigenvalue weighted by atomic mass is 32.1. The SMILES string of the molecule is Cc1sc(NC(=O)/C=C/c2ccc3c(c2)OCO3)c(C(=O)OC(C)C)c1C. The molecule has 0 aliphatic carbocycles. The molecule has 142 valence electrons. The fourth-order valence-electron chi connectivity index (χ4n) is 2.58. The summed E-state index contributed by atoms with van der Waals surface area (Å²) in [6.07, 6.45) is 2.86. The Bertz CT molecular complexity index is 913. The van der Waals surface area contributed by atoms with Crippen LogP contribution in [0, 0.1) is 13.8 Å². The summed E-state index contributed by atoms with van der Waals surface area (Å²) in [5.74, 6) is 0.588. The largest absolute Gasteiger partial charge is 0.459 e.